The number of nitrogens with two attached hydrogens (primary N) is 1. The number of carbonyl (C=O) groups is 1. The molecule has 6 nitrogen and oxygen atoms in total. The van der Waals surface area contributed by atoms with E-state index in [0.29, 0.717) is 12.3 Å². The minimum atomic E-state index is 0.204. The maximum absolute atomic E-state index is 12.6. The van der Waals surface area contributed by atoms with Gasteiger partial charge in [-0.2, -0.15) is 5.10 Å². The van der Waals surface area contributed by atoms with Crippen LogP contribution in [0.5, 0.6) is 0 Å². The molecule has 3 atom stereocenters. The van der Waals surface area contributed by atoms with E-state index in [9.17, 15) is 4.79 Å². The van der Waals surface area contributed by atoms with Crippen molar-refractivity contribution in [3.63, 3.8) is 0 Å². The lowest BCUT2D eigenvalue weighted by Gasteiger charge is -2.38. The average Bonchev–Trinajstić information content (AvgIpc) is 3.00. The summed E-state index contributed by atoms with van der Waals surface area (Å²) in [7, 11) is 1.94. The Kier molecular flexibility index (Phi) is 5.10. The summed E-state index contributed by atoms with van der Waals surface area (Å²) in [5.41, 5.74) is 6.11. The SMILES string of the molecule is CN(C(=O)C[C@@H]1CCC[C@H]1N)C1CCCN(c2cccnn2)C1. The van der Waals surface area contributed by atoms with Crippen molar-refractivity contribution in [1.29, 1.82) is 0 Å². The molecule has 0 spiro atoms. The van der Waals surface area contributed by atoms with E-state index < -0.39 is 0 Å². The molecule has 1 unspecified atom stereocenters. The first-order valence-corrected chi connectivity index (χ1v) is 8.69. The number of amides is 1. The molecule has 1 aromatic heterocycles. The molecule has 6 heteroatoms. The Morgan fingerprint density at radius 3 is 2.96 bits per heavy atom. The normalized spacial score (nSPS) is 27.9. The average molecular weight is 317 g/mol. The van der Waals surface area contributed by atoms with Crippen LogP contribution in [0.15, 0.2) is 18.3 Å². The van der Waals surface area contributed by atoms with Gasteiger partial charge in [-0.3, -0.25) is 4.79 Å². The van der Waals surface area contributed by atoms with Crippen LogP contribution < -0.4 is 10.6 Å². The molecule has 1 saturated heterocycles. The zero-order valence-electron chi connectivity index (χ0n) is 13.9. The largest absolute Gasteiger partial charge is 0.353 e. The molecule has 0 radical (unpaired) electrons. The van der Waals surface area contributed by atoms with Crippen molar-refractivity contribution in [3.05, 3.63) is 18.3 Å². The van der Waals surface area contributed by atoms with Crippen LogP contribution >= 0.6 is 0 Å². The zero-order valence-corrected chi connectivity index (χ0v) is 13.9. The molecule has 2 heterocycles. The van der Waals surface area contributed by atoms with E-state index in [2.05, 4.69) is 15.1 Å². The van der Waals surface area contributed by atoms with Crippen LogP contribution in [0, 0.1) is 5.92 Å². The minimum absolute atomic E-state index is 0.204. The van der Waals surface area contributed by atoms with Crippen molar-refractivity contribution in [2.45, 2.75) is 50.6 Å². The molecule has 1 aliphatic heterocycles. The fraction of sp³-hybridized carbons (Fsp3) is 0.706. The molecule has 126 valence electrons. The Labute approximate surface area is 138 Å². The topological polar surface area (TPSA) is 75.3 Å². The van der Waals surface area contributed by atoms with E-state index in [-0.39, 0.29) is 18.0 Å². The first-order valence-electron chi connectivity index (χ1n) is 8.69. The quantitative estimate of drug-likeness (QED) is 0.909. The Bertz CT molecular complexity index is 523. The molecule has 1 aromatic rings. The molecule has 2 fully saturated rings. The van der Waals surface area contributed by atoms with Crippen LogP contribution in [-0.2, 0) is 4.79 Å². The molecule has 1 aliphatic carbocycles. The van der Waals surface area contributed by atoms with Crippen LogP contribution in [0.4, 0.5) is 5.82 Å². The van der Waals surface area contributed by atoms with Crippen molar-refractivity contribution >= 4 is 11.7 Å². The van der Waals surface area contributed by atoms with Gasteiger partial charge in [-0.1, -0.05) is 6.42 Å². The number of rotatable bonds is 4. The van der Waals surface area contributed by atoms with Crippen LogP contribution in [-0.4, -0.2) is 53.2 Å². The van der Waals surface area contributed by atoms with E-state index in [0.717, 1.165) is 51.0 Å². The third kappa shape index (κ3) is 3.80. The highest BCUT2D eigenvalue weighted by atomic mass is 16.2. The van der Waals surface area contributed by atoms with Gasteiger partial charge in [0.25, 0.3) is 0 Å². The summed E-state index contributed by atoms with van der Waals surface area (Å²) in [4.78, 5) is 16.8. The molecule has 0 aromatic carbocycles. The van der Waals surface area contributed by atoms with Gasteiger partial charge in [0, 0.05) is 44.8 Å². The maximum Gasteiger partial charge on any atom is 0.222 e. The second-order valence-corrected chi connectivity index (χ2v) is 6.89. The van der Waals surface area contributed by atoms with Gasteiger partial charge in [0.15, 0.2) is 5.82 Å². The van der Waals surface area contributed by atoms with Gasteiger partial charge in [-0.25, -0.2) is 0 Å². The lowest BCUT2D eigenvalue weighted by Crippen LogP contribution is -2.49. The maximum atomic E-state index is 12.6. The molecule has 2 N–H and O–H groups in total. The number of likely N-dealkylation sites (N-methyl/N-ethyl adjacent to an activating group) is 1. The number of piperidine rings is 1. The van der Waals surface area contributed by atoms with Crippen molar-refractivity contribution < 1.29 is 4.79 Å². The molecule has 0 bridgehead atoms. The lowest BCUT2D eigenvalue weighted by atomic mass is 9.98. The number of aromatic nitrogens is 2. The van der Waals surface area contributed by atoms with E-state index in [1.54, 1.807) is 6.20 Å². The summed E-state index contributed by atoms with van der Waals surface area (Å²) >= 11 is 0. The second kappa shape index (κ2) is 7.25. The second-order valence-electron chi connectivity index (χ2n) is 6.89. The first-order chi connectivity index (χ1) is 11.1. The highest BCUT2D eigenvalue weighted by Gasteiger charge is 2.31. The highest BCUT2D eigenvalue weighted by Crippen LogP contribution is 2.28. The Morgan fingerprint density at radius 2 is 2.26 bits per heavy atom. The molecular weight excluding hydrogens is 290 g/mol. The van der Waals surface area contributed by atoms with E-state index in [4.69, 9.17) is 5.73 Å². The van der Waals surface area contributed by atoms with Gasteiger partial charge in [-0.15, -0.1) is 5.10 Å². The van der Waals surface area contributed by atoms with Gasteiger partial charge in [0.2, 0.25) is 5.91 Å². The van der Waals surface area contributed by atoms with Gasteiger partial charge >= 0.3 is 0 Å². The minimum Gasteiger partial charge on any atom is -0.353 e. The summed E-state index contributed by atoms with van der Waals surface area (Å²) in [5, 5.41) is 8.15. The van der Waals surface area contributed by atoms with E-state index in [1.807, 2.05) is 24.1 Å². The van der Waals surface area contributed by atoms with E-state index in [1.165, 1.54) is 0 Å². The first kappa shape index (κ1) is 16.2. The number of hydrogen-bond acceptors (Lipinski definition) is 5. The number of hydrogen-bond donors (Lipinski definition) is 1. The predicted molar refractivity (Wildman–Crippen MR) is 90.0 cm³/mol. The van der Waals surface area contributed by atoms with Gasteiger partial charge in [0.05, 0.1) is 0 Å². The molecular formula is C17H27N5O. The van der Waals surface area contributed by atoms with Crippen LogP contribution in [0.25, 0.3) is 0 Å². The van der Waals surface area contributed by atoms with Gasteiger partial charge < -0.3 is 15.5 Å². The van der Waals surface area contributed by atoms with Crippen LogP contribution in [0.2, 0.25) is 0 Å². The molecule has 2 aliphatic rings. The zero-order chi connectivity index (χ0) is 16.2. The van der Waals surface area contributed by atoms with Crippen molar-refractivity contribution in [3.8, 4) is 0 Å². The standard InChI is InChI=1S/C17H27N5O/c1-21(17(23)11-13-5-2-7-15(13)18)14-6-4-10-22(12-14)16-8-3-9-19-20-16/h3,8-9,13-15H,2,4-7,10-12,18H2,1H3/t13-,14?,15+/m0/s1. The van der Waals surface area contributed by atoms with E-state index >= 15 is 0 Å². The van der Waals surface area contributed by atoms with Crippen molar-refractivity contribution in [1.82, 2.24) is 15.1 Å². The summed E-state index contributed by atoms with van der Waals surface area (Å²) in [6, 6.07) is 4.34. The molecule has 1 saturated carbocycles. The third-order valence-electron chi connectivity index (χ3n) is 5.37. The summed E-state index contributed by atoms with van der Waals surface area (Å²) in [6.45, 7) is 1.81. The number of carbonyl (C=O) groups excluding carboxylic acids is 1. The molecule has 23 heavy (non-hydrogen) atoms. The number of anilines is 1. The smallest absolute Gasteiger partial charge is 0.222 e. The summed E-state index contributed by atoms with van der Waals surface area (Å²) in [6.07, 6.45) is 7.72. The summed E-state index contributed by atoms with van der Waals surface area (Å²) < 4.78 is 0. The fourth-order valence-corrected chi connectivity index (χ4v) is 3.83. The summed E-state index contributed by atoms with van der Waals surface area (Å²) in [5.74, 6) is 1.50. The third-order valence-corrected chi connectivity index (χ3v) is 5.37. The Balaban J connectivity index is 1.58. The van der Waals surface area contributed by atoms with Crippen LogP contribution in [0.1, 0.15) is 38.5 Å². The lowest BCUT2D eigenvalue weighted by molar-refractivity contribution is -0.133. The monoisotopic (exact) mass is 317 g/mol. The van der Waals surface area contributed by atoms with Crippen molar-refractivity contribution in [2.75, 3.05) is 25.0 Å². The number of nitrogens with zero attached hydrogens (tertiary/aromatic N) is 4. The van der Waals surface area contributed by atoms with Gasteiger partial charge in [-0.05, 0) is 43.7 Å². The van der Waals surface area contributed by atoms with Gasteiger partial charge in [0.1, 0.15) is 0 Å². The van der Waals surface area contributed by atoms with Crippen molar-refractivity contribution in [2.24, 2.45) is 11.7 Å². The Morgan fingerprint density at radius 1 is 1.39 bits per heavy atom. The van der Waals surface area contributed by atoms with Crippen LogP contribution in [0.3, 0.4) is 0 Å². The predicted octanol–water partition coefficient (Wildman–Crippen LogP) is 1.42. The molecule has 3 rings (SSSR count). The highest BCUT2D eigenvalue weighted by molar-refractivity contribution is 5.76. The molecule has 1 amide bonds. The fourth-order valence-electron chi connectivity index (χ4n) is 3.83. The Hall–Kier alpha value is -1.69.